The maximum Gasteiger partial charge on any atom is 0.140 e. The molecule has 1 heterocycles. The predicted octanol–water partition coefficient (Wildman–Crippen LogP) is 4.47. The Kier molecular flexibility index (Phi) is 3.78. The summed E-state index contributed by atoms with van der Waals surface area (Å²) in [5.74, 6) is 0.198. The summed E-state index contributed by atoms with van der Waals surface area (Å²) in [5, 5.41) is 0.316. The second kappa shape index (κ2) is 5.16. The molecule has 18 heavy (non-hydrogen) atoms. The Hall–Kier alpha value is -1.26. The number of hydrogen-bond donors (Lipinski definition) is 1. The van der Waals surface area contributed by atoms with Gasteiger partial charge in [-0.15, -0.1) is 0 Å². The van der Waals surface area contributed by atoms with Crippen molar-refractivity contribution >= 4 is 23.8 Å². The lowest BCUT2D eigenvalue weighted by Crippen LogP contribution is -1.99. The van der Waals surface area contributed by atoms with Gasteiger partial charge in [-0.25, -0.2) is 9.37 Å². The monoisotopic (exact) mass is 282 g/mol. The number of aromatic amines is 1. The van der Waals surface area contributed by atoms with E-state index in [1.54, 1.807) is 6.07 Å². The van der Waals surface area contributed by atoms with Crippen molar-refractivity contribution in [2.75, 3.05) is 0 Å². The van der Waals surface area contributed by atoms with E-state index >= 15 is 0 Å². The molecule has 5 heteroatoms. The zero-order chi connectivity index (χ0) is 13.3. The van der Waals surface area contributed by atoms with Crippen LogP contribution in [0.4, 0.5) is 4.39 Å². The van der Waals surface area contributed by atoms with Crippen molar-refractivity contribution in [1.82, 2.24) is 9.97 Å². The third-order valence-corrected chi connectivity index (χ3v) is 3.42. The van der Waals surface area contributed by atoms with Crippen molar-refractivity contribution in [2.45, 2.75) is 20.3 Å². The van der Waals surface area contributed by atoms with Gasteiger partial charge < -0.3 is 4.98 Å². The Morgan fingerprint density at radius 1 is 1.44 bits per heavy atom. The second-order valence-electron chi connectivity index (χ2n) is 3.97. The van der Waals surface area contributed by atoms with Gasteiger partial charge in [-0.05, 0) is 31.5 Å². The highest BCUT2D eigenvalue weighted by atomic mass is 35.5. The molecule has 0 saturated carbocycles. The van der Waals surface area contributed by atoms with Crippen molar-refractivity contribution in [3.8, 4) is 11.4 Å². The smallest absolute Gasteiger partial charge is 0.140 e. The number of benzene rings is 1. The first kappa shape index (κ1) is 13.2. The fraction of sp³-hybridized carbons (Fsp3) is 0.231. The van der Waals surface area contributed by atoms with Crippen molar-refractivity contribution in [1.29, 1.82) is 0 Å². The van der Waals surface area contributed by atoms with E-state index in [4.69, 9.17) is 23.8 Å². The first-order chi connectivity index (χ1) is 8.52. The third-order valence-electron chi connectivity index (χ3n) is 2.77. The van der Waals surface area contributed by atoms with E-state index < -0.39 is 0 Å². The molecule has 1 N–H and O–H groups in total. The topological polar surface area (TPSA) is 28.7 Å². The molecule has 0 saturated heterocycles. The second-order valence-corrected chi connectivity index (χ2v) is 4.77. The van der Waals surface area contributed by atoms with E-state index in [0.29, 0.717) is 21.1 Å². The summed E-state index contributed by atoms with van der Waals surface area (Å²) in [6.07, 6.45) is 0.825. The van der Waals surface area contributed by atoms with E-state index in [2.05, 4.69) is 9.97 Å². The van der Waals surface area contributed by atoms with Gasteiger partial charge in [0.25, 0.3) is 0 Å². The minimum absolute atomic E-state index is 0.316. The lowest BCUT2D eigenvalue weighted by molar-refractivity contribution is 0.628. The Bertz CT molecular complexity index is 652. The van der Waals surface area contributed by atoms with E-state index in [1.165, 1.54) is 12.1 Å². The van der Waals surface area contributed by atoms with Gasteiger partial charge in [0.15, 0.2) is 0 Å². The molecule has 0 atom stereocenters. The fourth-order valence-electron chi connectivity index (χ4n) is 1.84. The van der Waals surface area contributed by atoms with Crippen LogP contribution >= 0.6 is 23.8 Å². The van der Waals surface area contributed by atoms with Crippen LogP contribution in [-0.2, 0) is 6.42 Å². The molecule has 0 amide bonds. The first-order valence-corrected chi connectivity index (χ1v) is 6.36. The molecule has 0 aliphatic heterocycles. The molecule has 2 rings (SSSR count). The number of nitrogens with one attached hydrogen (secondary N) is 1. The summed E-state index contributed by atoms with van der Waals surface area (Å²) < 4.78 is 13.6. The van der Waals surface area contributed by atoms with E-state index in [9.17, 15) is 4.39 Å². The molecule has 0 spiro atoms. The van der Waals surface area contributed by atoms with Gasteiger partial charge in [0.05, 0.1) is 5.02 Å². The molecular weight excluding hydrogens is 271 g/mol. The summed E-state index contributed by atoms with van der Waals surface area (Å²) >= 11 is 11.3. The van der Waals surface area contributed by atoms with Crippen molar-refractivity contribution in [3.05, 3.63) is 44.9 Å². The molecule has 1 aromatic heterocycles. The first-order valence-electron chi connectivity index (χ1n) is 5.58. The highest BCUT2D eigenvalue weighted by molar-refractivity contribution is 7.71. The van der Waals surface area contributed by atoms with Crippen molar-refractivity contribution < 1.29 is 4.39 Å². The van der Waals surface area contributed by atoms with Gasteiger partial charge >= 0.3 is 0 Å². The standard InChI is InChI=1S/C13H12ClFN2S/c1-3-9-7(2)16-12(17-13(9)18)10-5-4-8(15)6-11(10)14/h4-6H,3H2,1-2H3,(H,16,17,18). The molecule has 1 aromatic carbocycles. The molecule has 94 valence electrons. The average molecular weight is 283 g/mol. The molecule has 0 aliphatic carbocycles. The predicted molar refractivity (Wildman–Crippen MR) is 73.9 cm³/mol. The van der Waals surface area contributed by atoms with Gasteiger partial charge in [-0.1, -0.05) is 30.7 Å². The third kappa shape index (κ3) is 2.44. The highest BCUT2D eigenvalue weighted by Crippen LogP contribution is 2.26. The number of hydrogen-bond acceptors (Lipinski definition) is 2. The van der Waals surface area contributed by atoms with Crippen LogP contribution in [0.1, 0.15) is 18.2 Å². The average Bonchev–Trinajstić information content (AvgIpc) is 2.28. The Morgan fingerprint density at radius 3 is 2.72 bits per heavy atom. The van der Waals surface area contributed by atoms with Gasteiger partial charge in [-0.3, -0.25) is 0 Å². The molecule has 0 unspecified atom stereocenters. The van der Waals surface area contributed by atoms with Crippen LogP contribution < -0.4 is 0 Å². The maximum absolute atomic E-state index is 13.0. The van der Waals surface area contributed by atoms with Crippen LogP contribution in [0.2, 0.25) is 5.02 Å². The Labute approximate surface area is 115 Å². The number of aromatic nitrogens is 2. The Balaban J connectivity index is 2.62. The van der Waals surface area contributed by atoms with Crippen LogP contribution in [0.25, 0.3) is 11.4 Å². The molecule has 0 aliphatic rings. The number of nitrogens with zero attached hydrogens (tertiary/aromatic N) is 1. The van der Waals surface area contributed by atoms with E-state index in [-0.39, 0.29) is 5.82 Å². The highest BCUT2D eigenvalue weighted by Gasteiger charge is 2.09. The van der Waals surface area contributed by atoms with Gasteiger partial charge in [0, 0.05) is 16.8 Å². The molecule has 2 aromatic rings. The maximum atomic E-state index is 13.0. The van der Waals surface area contributed by atoms with E-state index in [1.807, 2.05) is 13.8 Å². The minimum Gasteiger partial charge on any atom is -0.343 e. The van der Waals surface area contributed by atoms with Crippen LogP contribution in [-0.4, -0.2) is 9.97 Å². The zero-order valence-corrected chi connectivity index (χ0v) is 11.6. The van der Waals surface area contributed by atoms with Gasteiger partial charge in [0.1, 0.15) is 16.3 Å². The lowest BCUT2D eigenvalue weighted by atomic mass is 10.1. The van der Waals surface area contributed by atoms with E-state index in [0.717, 1.165) is 17.7 Å². The number of aryl methyl sites for hydroxylation is 1. The lowest BCUT2D eigenvalue weighted by Gasteiger charge is -2.08. The number of rotatable bonds is 2. The van der Waals surface area contributed by atoms with Crippen LogP contribution in [0.3, 0.4) is 0 Å². The summed E-state index contributed by atoms with van der Waals surface area (Å²) in [6.45, 7) is 3.97. The molecule has 0 fully saturated rings. The number of H-pyrrole nitrogens is 1. The molecule has 0 radical (unpaired) electrons. The SMILES string of the molecule is CCc1c(C)[nH]c(-c2ccc(F)cc2Cl)nc1=S. The Morgan fingerprint density at radius 2 is 2.17 bits per heavy atom. The minimum atomic E-state index is -0.371. The van der Waals surface area contributed by atoms with Crippen LogP contribution in [0.15, 0.2) is 18.2 Å². The van der Waals surface area contributed by atoms with Gasteiger partial charge in [0.2, 0.25) is 0 Å². The fourth-order valence-corrected chi connectivity index (χ4v) is 2.48. The largest absolute Gasteiger partial charge is 0.343 e. The van der Waals surface area contributed by atoms with Crippen molar-refractivity contribution in [2.24, 2.45) is 0 Å². The molecule has 0 bridgehead atoms. The molecular formula is C13H12ClFN2S. The summed E-state index contributed by atoms with van der Waals surface area (Å²) in [5.41, 5.74) is 2.63. The number of halogens is 2. The summed E-state index contributed by atoms with van der Waals surface area (Å²) in [7, 11) is 0. The van der Waals surface area contributed by atoms with Crippen LogP contribution in [0, 0.1) is 17.4 Å². The van der Waals surface area contributed by atoms with Gasteiger partial charge in [-0.2, -0.15) is 0 Å². The molecule has 2 nitrogen and oxygen atoms in total. The summed E-state index contributed by atoms with van der Waals surface area (Å²) in [6, 6.07) is 4.21. The summed E-state index contributed by atoms with van der Waals surface area (Å²) in [4.78, 5) is 7.48. The van der Waals surface area contributed by atoms with Crippen molar-refractivity contribution in [3.63, 3.8) is 0 Å². The zero-order valence-electron chi connectivity index (χ0n) is 10.1. The quantitative estimate of drug-likeness (QED) is 0.823. The van der Waals surface area contributed by atoms with Crippen LogP contribution in [0.5, 0.6) is 0 Å². The normalized spacial score (nSPS) is 10.7.